The van der Waals surface area contributed by atoms with Crippen molar-refractivity contribution in [2.24, 2.45) is 0 Å². The molecule has 8 heavy (non-hydrogen) atoms. The second kappa shape index (κ2) is 1.72. The van der Waals surface area contributed by atoms with E-state index in [1.54, 1.807) is 7.05 Å². The fourth-order valence-corrected chi connectivity index (χ4v) is 0.613. The van der Waals surface area contributed by atoms with Crippen LogP contribution in [0.25, 0.3) is 0 Å². The van der Waals surface area contributed by atoms with Crippen LogP contribution in [0.3, 0.4) is 0 Å². The molecule has 1 aliphatic heterocycles. The van der Waals surface area contributed by atoms with Crippen LogP contribution >= 0.6 is 0 Å². The average molecular weight is 116 g/mol. The molecule has 0 aromatic heterocycles. The van der Waals surface area contributed by atoms with Crippen LogP contribution in [-0.4, -0.2) is 35.9 Å². The molecule has 1 atom stereocenters. The first-order valence-electron chi connectivity index (χ1n) is 2.38. The number of hydrogen-bond acceptors (Lipinski definition) is 3. The number of carbonyl (C=O) groups excluding carboxylic acids is 1. The SMILES string of the molecule is CN1CC(=O)NC1O. The molecular formula is C4H8N2O2. The summed E-state index contributed by atoms with van der Waals surface area (Å²) >= 11 is 0. The molecule has 2 N–H and O–H groups in total. The molecule has 46 valence electrons. The van der Waals surface area contributed by atoms with Crippen LogP contribution in [0.5, 0.6) is 0 Å². The van der Waals surface area contributed by atoms with Crippen molar-refractivity contribution < 1.29 is 9.90 Å². The second-order valence-electron chi connectivity index (χ2n) is 1.86. The normalized spacial score (nSPS) is 30.8. The van der Waals surface area contributed by atoms with Crippen molar-refractivity contribution in [1.29, 1.82) is 0 Å². The van der Waals surface area contributed by atoms with E-state index in [9.17, 15) is 4.79 Å². The minimum atomic E-state index is -0.775. The van der Waals surface area contributed by atoms with Crippen molar-refractivity contribution in [3.05, 3.63) is 0 Å². The fourth-order valence-electron chi connectivity index (χ4n) is 0.613. The lowest BCUT2D eigenvalue weighted by molar-refractivity contribution is -0.119. The van der Waals surface area contributed by atoms with E-state index < -0.39 is 6.35 Å². The Morgan fingerprint density at radius 2 is 2.62 bits per heavy atom. The Labute approximate surface area is 47.1 Å². The Bertz CT molecular complexity index is 103. The third-order valence-corrected chi connectivity index (χ3v) is 1.10. The molecule has 0 aromatic rings. The van der Waals surface area contributed by atoms with Gasteiger partial charge >= 0.3 is 0 Å². The van der Waals surface area contributed by atoms with Gasteiger partial charge < -0.3 is 10.4 Å². The molecular weight excluding hydrogens is 108 g/mol. The lowest BCUT2D eigenvalue weighted by atomic mass is 10.6. The van der Waals surface area contributed by atoms with Crippen LogP contribution in [0.2, 0.25) is 0 Å². The van der Waals surface area contributed by atoms with Crippen molar-refractivity contribution >= 4 is 5.91 Å². The number of aliphatic hydroxyl groups excluding tert-OH is 1. The summed E-state index contributed by atoms with van der Waals surface area (Å²) in [5, 5.41) is 11.1. The summed E-state index contributed by atoms with van der Waals surface area (Å²) < 4.78 is 0. The van der Waals surface area contributed by atoms with Crippen LogP contribution < -0.4 is 5.32 Å². The van der Waals surface area contributed by atoms with Gasteiger partial charge in [-0.3, -0.25) is 9.69 Å². The Kier molecular flexibility index (Phi) is 1.19. The van der Waals surface area contributed by atoms with E-state index in [2.05, 4.69) is 5.32 Å². The first-order valence-corrected chi connectivity index (χ1v) is 2.38. The number of nitrogens with zero attached hydrogens (tertiary/aromatic N) is 1. The summed E-state index contributed by atoms with van der Waals surface area (Å²) in [6, 6.07) is 0. The molecule has 1 rings (SSSR count). The summed E-state index contributed by atoms with van der Waals surface area (Å²) in [6.07, 6.45) is -0.775. The van der Waals surface area contributed by atoms with Gasteiger partial charge in [0.25, 0.3) is 0 Å². The first-order chi connectivity index (χ1) is 3.70. The highest BCUT2D eigenvalue weighted by Gasteiger charge is 2.23. The highest BCUT2D eigenvalue weighted by Crippen LogP contribution is 1.94. The summed E-state index contributed by atoms with van der Waals surface area (Å²) in [7, 11) is 1.67. The first kappa shape index (κ1) is 5.53. The topological polar surface area (TPSA) is 52.6 Å². The predicted molar refractivity (Wildman–Crippen MR) is 26.8 cm³/mol. The zero-order valence-corrected chi connectivity index (χ0v) is 4.59. The third kappa shape index (κ3) is 0.801. The minimum Gasteiger partial charge on any atom is -0.361 e. The van der Waals surface area contributed by atoms with Crippen LogP contribution in [0.1, 0.15) is 0 Å². The van der Waals surface area contributed by atoms with Gasteiger partial charge in [0, 0.05) is 0 Å². The maximum atomic E-state index is 10.4. The lowest BCUT2D eigenvalue weighted by Gasteiger charge is -2.09. The summed E-state index contributed by atoms with van der Waals surface area (Å²) in [5.41, 5.74) is 0. The molecule has 4 nitrogen and oxygen atoms in total. The van der Waals surface area contributed by atoms with Crippen LogP contribution in [0, 0.1) is 0 Å². The third-order valence-electron chi connectivity index (χ3n) is 1.10. The average Bonchev–Trinajstić information content (AvgIpc) is 1.85. The predicted octanol–water partition coefficient (Wildman–Crippen LogP) is -1.68. The van der Waals surface area contributed by atoms with E-state index in [-0.39, 0.29) is 5.91 Å². The molecule has 1 saturated heterocycles. The van der Waals surface area contributed by atoms with Crippen LogP contribution in [0.15, 0.2) is 0 Å². The Balaban J connectivity index is 2.51. The smallest absolute Gasteiger partial charge is 0.237 e. The Hall–Kier alpha value is -0.610. The van der Waals surface area contributed by atoms with Crippen molar-refractivity contribution in [3.8, 4) is 0 Å². The Morgan fingerprint density at radius 3 is 2.75 bits per heavy atom. The van der Waals surface area contributed by atoms with E-state index in [0.29, 0.717) is 6.54 Å². The molecule has 0 radical (unpaired) electrons. The number of likely N-dealkylation sites (N-methyl/N-ethyl adjacent to an activating group) is 1. The van der Waals surface area contributed by atoms with E-state index >= 15 is 0 Å². The monoisotopic (exact) mass is 116 g/mol. The van der Waals surface area contributed by atoms with E-state index in [4.69, 9.17) is 5.11 Å². The highest BCUT2D eigenvalue weighted by atomic mass is 16.3. The van der Waals surface area contributed by atoms with Gasteiger partial charge in [-0.2, -0.15) is 0 Å². The van der Waals surface area contributed by atoms with Gasteiger partial charge in [0.1, 0.15) is 0 Å². The van der Waals surface area contributed by atoms with Gasteiger partial charge in [-0.15, -0.1) is 0 Å². The quantitative estimate of drug-likeness (QED) is 0.397. The van der Waals surface area contributed by atoms with Crippen molar-refractivity contribution in [3.63, 3.8) is 0 Å². The maximum absolute atomic E-state index is 10.4. The molecule has 1 fully saturated rings. The standard InChI is InChI=1S/C4H8N2O2/c1-6-2-3(7)5-4(6)8/h4,8H,2H2,1H3,(H,5,7). The maximum Gasteiger partial charge on any atom is 0.237 e. The molecule has 4 heteroatoms. The number of hydrogen-bond donors (Lipinski definition) is 2. The molecule has 0 bridgehead atoms. The van der Waals surface area contributed by atoms with Gasteiger partial charge in [0.05, 0.1) is 6.54 Å². The van der Waals surface area contributed by atoms with Crippen molar-refractivity contribution in [1.82, 2.24) is 10.2 Å². The molecule has 0 aromatic carbocycles. The van der Waals surface area contributed by atoms with Crippen molar-refractivity contribution in [2.45, 2.75) is 6.35 Å². The molecule has 1 heterocycles. The number of nitrogens with one attached hydrogen (secondary N) is 1. The molecule has 1 aliphatic rings. The molecule has 0 saturated carbocycles. The summed E-state index contributed by atoms with van der Waals surface area (Å²) in [6.45, 7) is 0.293. The zero-order chi connectivity index (χ0) is 6.15. The van der Waals surface area contributed by atoms with Gasteiger partial charge in [-0.05, 0) is 7.05 Å². The van der Waals surface area contributed by atoms with E-state index in [1.807, 2.05) is 0 Å². The molecule has 1 unspecified atom stereocenters. The molecule has 0 aliphatic carbocycles. The number of carbonyl (C=O) groups is 1. The number of aliphatic hydroxyl groups is 1. The lowest BCUT2D eigenvalue weighted by Crippen LogP contribution is -2.32. The summed E-state index contributed by atoms with van der Waals surface area (Å²) in [4.78, 5) is 11.9. The molecule has 1 amide bonds. The van der Waals surface area contributed by atoms with Crippen LogP contribution in [-0.2, 0) is 4.79 Å². The fraction of sp³-hybridized carbons (Fsp3) is 0.750. The van der Waals surface area contributed by atoms with Crippen LogP contribution in [0.4, 0.5) is 0 Å². The minimum absolute atomic E-state index is 0.125. The van der Waals surface area contributed by atoms with Gasteiger partial charge in [-0.1, -0.05) is 0 Å². The van der Waals surface area contributed by atoms with E-state index in [0.717, 1.165) is 0 Å². The zero-order valence-electron chi connectivity index (χ0n) is 4.59. The largest absolute Gasteiger partial charge is 0.361 e. The molecule has 0 spiro atoms. The van der Waals surface area contributed by atoms with Crippen molar-refractivity contribution in [2.75, 3.05) is 13.6 Å². The van der Waals surface area contributed by atoms with Gasteiger partial charge in [0.15, 0.2) is 6.35 Å². The van der Waals surface area contributed by atoms with Gasteiger partial charge in [-0.25, -0.2) is 0 Å². The number of amides is 1. The highest BCUT2D eigenvalue weighted by molar-refractivity contribution is 5.79. The van der Waals surface area contributed by atoms with Gasteiger partial charge in [0.2, 0.25) is 5.91 Å². The Morgan fingerprint density at radius 1 is 2.00 bits per heavy atom. The summed E-state index contributed by atoms with van der Waals surface area (Å²) in [5.74, 6) is -0.125. The number of rotatable bonds is 0. The second-order valence-corrected chi connectivity index (χ2v) is 1.86. The van der Waals surface area contributed by atoms with E-state index in [1.165, 1.54) is 4.90 Å².